The van der Waals surface area contributed by atoms with Crippen molar-refractivity contribution < 1.29 is 19.4 Å². The Kier molecular flexibility index (Phi) is 5.21. The first-order chi connectivity index (χ1) is 11.1. The maximum Gasteiger partial charge on any atom is 0.314 e. The zero-order valence-corrected chi connectivity index (χ0v) is 12.9. The van der Waals surface area contributed by atoms with Gasteiger partial charge in [0.2, 0.25) is 0 Å². The highest BCUT2D eigenvalue weighted by Gasteiger charge is 2.34. The molecule has 2 atom stereocenters. The van der Waals surface area contributed by atoms with Crippen molar-refractivity contribution in [3.8, 4) is 17.6 Å². The highest BCUT2D eigenvalue weighted by molar-refractivity contribution is 5.80. The van der Waals surface area contributed by atoms with Gasteiger partial charge >= 0.3 is 5.97 Å². The molecule has 0 aliphatic carbocycles. The summed E-state index contributed by atoms with van der Waals surface area (Å²) in [5, 5.41) is 19.8. The third-order valence-electron chi connectivity index (χ3n) is 3.66. The molecule has 0 aliphatic heterocycles. The van der Waals surface area contributed by atoms with Gasteiger partial charge in [0, 0.05) is 5.56 Å². The number of rotatable bonds is 5. The van der Waals surface area contributed by atoms with E-state index in [2.05, 4.69) is 6.07 Å². The van der Waals surface area contributed by atoms with Crippen LogP contribution in [0.5, 0.6) is 11.5 Å². The predicted molar refractivity (Wildman–Crippen MR) is 84.2 cm³/mol. The lowest BCUT2D eigenvalue weighted by Crippen LogP contribution is -2.21. The normalized spacial score (nSPS) is 12.7. The van der Waals surface area contributed by atoms with Crippen molar-refractivity contribution in [2.24, 2.45) is 0 Å². The van der Waals surface area contributed by atoms with E-state index in [0.717, 1.165) is 0 Å². The second-order valence-corrected chi connectivity index (χ2v) is 4.94. The third kappa shape index (κ3) is 3.43. The lowest BCUT2D eigenvalue weighted by atomic mass is 9.82. The summed E-state index contributed by atoms with van der Waals surface area (Å²) in [6.07, 6.45) is 0. The average molecular weight is 311 g/mol. The molecular weight excluding hydrogens is 294 g/mol. The van der Waals surface area contributed by atoms with Crippen LogP contribution in [0.15, 0.2) is 48.5 Å². The van der Waals surface area contributed by atoms with Gasteiger partial charge in [-0.2, -0.15) is 5.26 Å². The lowest BCUT2D eigenvalue weighted by Gasteiger charge is -2.21. The van der Waals surface area contributed by atoms with E-state index in [-0.39, 0.29) is 5.75 Å². The summed E-state index contributed by atoms with van der Waals surface area (Å²) in [6.45, 7) is 0. The largest absolute Gasteiger partial charge is 0.508 e. The van der Waals surface area contributed by atoms with Crippen LogP contribution in [0, 0.1) is 11.3 Å². The molecule has 0 aliphatic rings. The van der Waals surface area contributed by atoms with Crippen molar-refractivity contribution in [2.75, 3.05) is 14.2 Å². The number of phenols is 1. The number of hydrogen-bond acceptors (Lipinski definition) is 5. The molecule has 5 heteroatoms. The molecular formula is C18H17NO4. The minimum absolute atomic E-state index is 0.0674. The van der Waals surface area contributed by atoms with E-state index in [1.165, 1.54) is 20.3 Å². The van der Waals surface area contributed by atoms with Crippen LogP contribution in [-0.2, 0) is 9.53 Å². The number of benzene rings is 2. The molecule has 2 aromatic rings. The van der Waals surface area contributed by atoms with Gasteiger partial charge in [0.25, 0.3) is 0 Å². The quantitative estimate of drug-likeness (QED) is 0.859. The van der Waals surface area contributed by atoms with E-state index in [0.29, 0.717) is 16.9 Å². The second-order valence-electron chi connectivity index (χ2n) is 4.94. The summed E-state index contributed by atoms with van der Waals surface area (Å²) in [7, 11) is 2.77. The molecule has 1 N–H and O–H groups in total. The minimum atomic E-state index is -0.903. The Bertz CT molecular complexity index is 722. The van der Waals surface area contributed by atoms with E-state index in [4.69, 9.17) is 9.47 Å². The van der Waals surface area contributed by atoms with Crippen LogP contribution in [0.25, 0.3) is 0 Å². The zero-order valence-electron chi connectivity index (χ0n) is 12.9. The molecule has 2 aromatic carbocycles. The number of nitrogens with zero attached hydrogens (tertiary/aromatic N) is 1. The van der Waals surface area contributed by atoms with Gasteiger partial charge in [0.1, 0.15) is 17.4 Å². The number of esters is 1. The molecule has 0 heterocycles. The molecule has 2 rings (SSSR count). The van der Waals surface area contributed by atoms with Gasteiger partial charge in [-0.15, -0.1) is 0 Å². The van der Waals surface area contributed by atoms with Gasteiger partial charge in [0.05, 0.1) is 26.2 Å². The lowest BCUT2D eigenvalue weighted by molar-refractivity contribution is -0.142. The summed E-state index contributed by atoms with van der Waals surface area (Å²) in [5.41, 5.74) is 0.972. The molecule has 0 amide bonds. The second kappa shape index (κ2) is 7.32. The number of ether oxygens (including phenoxy) is 2. The topological polar surface area (TPSA) is 79.6 Å². The first-order valence-corrected chi connectivity index (χ1v) is 7.01. The van der Waals surface area contributed by atoms with Gasteiger partial charge in [-0.25, -0.2) is 0 Å². The van der Waals surface area contributed by atoms with Crippen molar-refractivity contribution in [3.63, 3.8) is 0 Å². The fourth-order valence-electron chi connectivity index (χ4n) is 2.48. The van der Waals surface area contributed by atoms with Gasteiger partial charge in [-0.1, -0.05) is 30.3 Å². The molecule has 23 heavy (non-hydrogen) atoms. The Morgan fingerprint density at radius 1 is 1.17 bits per heavy atom. The first kappa shape index (κ1) is 16.4. The smallest absolute Gasteiger partial charge is 0.314 e. The number of methoxy groups -OCH3 is 2. The first-order valence-electron chi connectivity index (χ1n) is 7.01. The molecule has 5 nitrogen and oxygen atoms in total. The van der Waals surface area contributed by atoms with Crippen LogP contribution in [0.1, 0.15) is 23.0 Å². The van der Waals surface area contributed by atoms with Gasteiger partial charge < -0.3 is 14.6 Å². The number of carbonyl (C=O) groups is 1. The Balaban J connectivity index is 2.56. The number of hydrogen-bond donors (Lipinski definition) is 1. The average Bonchev–Trinajstić information content (AvgIpc) is 2.60. The Labute approximate surface area is 134 Å². The molecule has 0 aromatic heterocycles. The molecule has 0 spiro atoms. The fraction of sp³-hybridized carbons (Fsp3) is 0.222. The van der Waals surface area contributed by atoms with E-state index in [9.17, 15) is 15.2 Å². The van der Waals surface area contributed by atoms with E-state index in [1.54, 1.807) is 36.4 Å². The maximum absolute atomic E-state index is 12.3. The monoisotopic (exact) mass is 311 g/mol. The molecule has 0 unspecified atom stereocenters. The van der Waals surface area contributed by atoms with Crippen LogP contribution < -0.4 is 4.74 Å². The molecule has 0 saturated heterocycles. The summed E-state index contributed by atoms with van der Waals surface area (Å²) in [6, 6.07) is 15.6. The van der Waals surface area contributed by atoms with Gasteiger partial charge in [-0.05, 0) is 23.8 Å². The standard InChI is InChI=1S/C18H17NO4/c1-22-13-8-9-16(20)14(10-13)15(11-19)17(18(21)23-2)12-6-4-3-5-7-12/h3-10,15,17,20H,1-2H3/t15-,17+/m0/s1. The van der Waals surface area contributed by atoms with Crippen LogP contribution >= 0.6 is 0 Å². The summed E-state index contributed by atoms with van der Waals surface area (Å²) in [5.74, 6) is -1.86. The van der Waals surface area contributed by atoms with Crippen molar-refractivity contribution in [3.05, 3.63) is 59.7 Å². The van der Waals surface area contributed by atoms with Crippen molar-refractivity contribution in [1.29, 1.82) is 5.26 Å². The molecule has 118 valence electrons. The van der Waals surface area contributed by atoms with Crippen LogP contribution in [0.2, 0.25) is 0 Å². The Morgan fingerprint density at radius 3 is 2.43 bits per heavy atom. The third-order valence-corrected chi connectivity index (χ3v) is 3.66. The van der Waals surface area contributed by atoms with Crippen molar-refractivity contribution >= 4 is 5.97 Å². The fourth-order valence-corrected chi connectivity index (χ4v) is 2.48. The number of aromatic hydroxyl groups is 1. The maximum atomic E-state index is 12.3. The summed E-state index contributed by atoms with van der Waals surface area (Å²) in [4.78, 5) is 12.3. The number of carbonyl (C=O) groups excluding carboxylic acids is 1. The van der Waals surface area contributed by atoms with Crippen molar-refractivity contribution in [1.82, 2.24) is 0 Å². The highest BCUT2D eigenvalue weighted by atomic mass is 16.5. The zero-order chi connectivity index (χ0) is 16.8. The Hall–Kier alpha value is -3.00. The molecule has 0 bridgehead atoms. The number of phenolic OH excluding ortho intramolecular Hbond substituents is 1. The van der Waals surface area contributed by atoms with Crippen LogP contribution in [0.4, 0.5) is 0 Å². The van der Waals surface area contributed by atoms with Crippen LogP contribution in [-0.4, -0.2) is 25.3 Å². The van der Waals surface area contributed by atoms with E-state index >= 15 is 0 Å². The van der Waals surface area contributed by atoms with E-state index in [1.807, 2.05) is 6.07 Å². The summed E-state index contributed by atoms with van der Waals surface area (Å²) >= 11 is 0. The SMILES string of the molecule is COC(=O)[C@H](c1ccccc1)[C@@H](C#N)c1cc(OC)ccc1O. The van der Waals surface area contributed by atoms with Crippen molar-refractivity contribution in [2.45, 2.75) is 11.8 Å². The van der Waals surface area contributed by atoms with Gasteiger partial charge in [-0.3, -0.25) is 4.79 Å². The van der Waals surface area contributed by atoms with Gasteiger partial charge in [0.15, 0.2) is 0 Å². The minimum Gasteiger partial charge on any atom is -0.508 e. The van der Waals surface area contributed by atoms with E-state index < -0.39 is 17.8 Å². The number of nitriles is 1. The van der Waals surface area contributed by atoms with Crippen LogP contribution in [0.3, 0.4) is 0 Å². The Morgan fingerprint density at radius 2 is 1.87 bits per heavy atom. The highest BCUT2D eigenvalue weighted by Crippen LogP contribution is 2.39. The summed E-state index contributed by atoms with van der Waals surface area (Å²) < 4.78 is 10.0. The predicted octanol–water partition coefficient (Wildman–Crippen LogP) is 2.96. The molecule has 0 fully saturated rings. The molecule has 0 saturated carbocycles. The molecule has 0 radical (unpaired) electrons.